The van der Waals surface area contributed by atoms with Gasteiger partial charge in [0.1, 0.15) is 5.25 Å². The second-order valence-electron chi connectivity index (χ2n) is 8.92. The maximum atomic E-state index is 13.4. The van der Waals surface area contributed by atoms with Crippen LogP contribution < -0.4 is 0 Å². The summed E-state index contributed by atoms with van der Waals surface area (Å²) >= 11 is 0.888. The van der Waals surface area contributed by atoms with Gasteiger partial charge in [-0.15, -0.1) is 0 Å². The molecule has 0 bridgehead atoms. The minimum Gasteiger partial charge on any atom is -0.451 e. The molecule has 7 nitrogen and oxygen atoms in total. The van der Waals surface area contributed by atoms with Gasteiger partial charge in [0.2, 0.25) is 5.91 Å². The molecule has 2 aliphatic rings. The minimum absolute atomic E-state index is 0.172. The van der Waals surface area contributed by atoms with Gasteiger partial charge in [-0.2, -0.15) is 0 Å². The topological polar surface area (TPSA) is 84.0 Å². The summed E-state index contributed by atoms with van der Waals surface area (Å²) in [7, 11) is 0. The van der Waals surface area contributed by atoms with Gasteiger partial charge in [-0.1, -0.05) is 79.4 Å². The number of hydrogen-bond acceptors (Lipinski definition) is 6. The van der Waals surface area contributed by atoms with Crippen LogP contribution in [-0.4, -0.2) is 50.7 Å². The second-order valence-corrected chi connectivity index (χ2v) is 10.1. The lowest BCUT2D eigenvalue weighted by atomic mass is 10.00. The van der Waals surface area contributed by atoms with Crippen molar-refractivity contribution in [3.8, 4) is 0 Å². The van der Waals surface area contributed by atoms with Crippen molar-refractivity contribution in [3.63, 3.8) is 0 Å². The summed E-state index contributed by atoms with van der Waals surface area (Å²) < 4.78 is 7.00. The van der Waals surface area contributed by atoms with E-state index in [0.717, 1.165) is 27.4 Å². The Balaban J connectivity index is 1.30. The van der Waals surface area contributed by atoms with E-state index in [2.05, 4.69) is 6.58 Å². The monoisotopic (exact) mass is 512 g/mol. The summed E-state index contributed by atoms with van der Waals surface area (Å²) in [5.41, 5.74) is 2.70. The van der Waals surface area contributed by atoms with Gasteiger partial charge in [-0.25, -0.2) is 9.10 Å². The lowest BCUT2D eigenvalue weighted by Gasteiger charge is -2.43. The van der Waals surface area contributed by atoms with Crippen LogP contribution >= 0.6 is 11.9 Å². The standard InChI is InChI=1S/C29H24N2O5S/c1-18(2)24(29(35)36-25(19-11-5-3-6-12-19)20-13-7-4-8-14-20)30-17-23(28(30)34)37-31-26(32)21-15-9-10-16-22(21)27(31)33/h3-16,23-25H,1,17H2,2H3/t23-,24?/m1/s1. The van der Waals surface area contributed by atoms with Crippen LogP contribution in [0.5, 0.6) is 0 Å². The molecule has 1 saturated heterocycles. The molecule has 5 rings (SSSR count). The Hall–Kier alpha value is -4.17. The average molecular weight is 513 g/mol. The lowest BCUT2D eigenvalue weighted by Crippen LogP contribution is -2.62. The van der Waals surface area contributed by atoms with Gasteiger partial charge in [0.15, 0.2) is 12.1 Å². The third-order valence-corrected chi connectivity index (χ3v) is 7.50. The predicted molar refractivity (Wildman–Crippen MR) is 139 cm³/mol. The molecule has 0 saturated carbocycles. The maximum absolute atomic E-state index is 13.4. The number of hydrogen-bond donors (Lipinski definition) is 0. The zero-order chi connectivity index (χ0) is 26.1. The molecule has 0 aliphatic carbocycles. The number of β-lactam (4-membered cyclic amide) rings is 1. The maximum Gasteiger partial charge on any atom is 0.334 e. The van der Waals surface area contributed by atoms with Gasteiger partial charge >= 0.3 is 5.97 Å². The van der Waals surface area contributed by atoms with Crippen molar-refractivity contribution in [2.24, 2.45) is 0 Å². The molecule has 0 radical (unpaired) electrons. The van der Waals surface area contributed by atoms with E-state index in [9.17, 15) is 19.2 Å². The number of ether oxygens (including phenoxy) is 1. The summed E-state index contributed by atoms with van der Waals surface area (Å²) in [6, 6.07) is 24.3. The van der Waals surface area contributed by atoms with E-state index in [1.807, 2.05) is 60.7 Å². The Labute approximate surface area is 218 Å². The molecule has 1 unspecified atom stereocenters. The van der Waals surface area contributed by atoms with E-state index < -0.39 is 35.2 Å². The van der Waals surface area contributed by atoms with Gasteiger partial charge in [-0.3, -0.25) is 14.4 Å². The largest absolute Gasteiger partial charge is 0.451 e. The fraction of sp³-hybridized carbons (Fsp3) is 0.172. The van der Waals surface area contributed by atoms with Crippen molar-refractivity contribution in [1.29, 1.82) is 0 Å². The average Bonchev–Trinajstić information content (AvgIpc) is 3.16. The third-order valence-electron chi connectivity index (χ3n) is 6.35. The summed E-state index contributed by atoms with van der Waals surface area (Å²) in [4.78, 5) is 53.3. The van der Waals surface area contributed by atoms with E-state index in [0.29, 0.717) is 16.7 Å². The summed E-state index contributed by atoms with van der Waals surface area (Å²) in [6.07, 6.45) is -0.656. The molecule has 0 aromatic heterocycles. The normalized spacial score (nSPS) is 17.5. The number of imide groups is 1. The molecule has 186 valence electrons. The van der Waals surface area contributed by atoms with Crippen molar-refractivity contribution in [2.75, 3.05) is 6.54 Å². The Morgan fingerprint density at radius 3 is 1.81 bits per heavy atom. The van der Waals surface area contributed by atoms with Crippen LogP contribution in [0.1, 0.15) is 44.9 Å². The van der Waals surface area contributed by atoms with Gasteiger partial charge in [-0.05, 0) is 47.7 Å². The first-order valence-corrected chi connectivity index (χ1v) is 12.6. The van der Waals surface area contributed by atoms with E-state index in [1.54, 1.807) is 31.2 Å². The van der Waals surface area contributed by atoms with Gasteiger partial charge in [0, 0.05) is 6.54 Å². The molecular formula is C29H24N2O5S. The summed E-state index contributed by atoms with van der Waals surface area (Å²) in [6.45, 7) is 5.77. The number of fused-ring (bicyclic) bond motifs is 1. The highest BCUT2D eigenvalue weighted by Crippen LogP contribution is 2.36. The van der Waals surface area contributed by atoms with Crippen molar-refractivity contribution in [3.05, 3.63) is 119 Å². The molecule has 0 spiro atoms. The van der Waals surface area contributed by atoms with Gasteiger partial charge < -0.3 is 9.64 Å². The van der Waals surface area contributed by atoms with Crippen LogP contribution in [0.25, 0.3) is 0 Å². The van der Waals surface area contributed by atoms with Crippen LogP contribution in [0.15, 0.2) is 97.1 Å². The number of esters is 1. The number of likely N-dealkylation sites (tertiary alicyclic amines) is 1. The molecule has 3 aromatic rings. The molecule has 2 heterocycles. The zero-order valence-electron chi connectivity index (χ0n) is 20.1. The molecule has 2 aliphatic heterocycles. The van der Waals surface area contributed by atoms with Crippen molar-refractivity contribution >= 4 is 35.6 Å². The fourth-order valence-electron chi connectivity index (χ4n) is 4.48. The van der Waals surface area contributed by atoms with Crippen molar-refractivity contribution in [1.82, 2.24) is 9.21 Å². The highest BCUT2D eigenvalue weighted by molar-refractivity contribution is 7.99. The lowest BCUT2D eigenvalue weighted by molar-refractivity contribution is -0.160. The Bertz CT molecular complexity index is 1320. The number of rotatable bonds is 8. The number of nitrogens with zero attached hydrogens (tertiary/aromatic N) is 2. The number of benzene rings is 3. The SMILES string of the molecule is C=C(C)C(C(=O)OC(c1ccccc1)c1ccccc1)N1C[C@@H](SN2C(=O)c3ccccc3C2=O)C1=O. The quantitative estimate of drug-likeness (QED) is 0.146. The number of carbonyl (C=O) groups excluding carboxylic acids is 4. The van der Waals surface area contributed by atoms with E-state index in [1.165, 1.54) is 4.90 Å². The van der Waals surface area contributed by atoms with Crippen LogP contribution in [0.3, 0.4) is 0 Å². The predicted octanol–water partition coefficient (Wildman–Crippen LogP) is 4.42. The van der Waals surface area contributed by atoms with E-state index >= 15 is 0 Å². The molecule has 0 N–H and O–H groups in total. The molecule has 37 heavy (non-hydrogen) atoms. The highest BCUT2D eigenvalue weighted by atomic mass is 32.2. The Morgan fingerprint density at radius 1 is 0.865 bits per heavy atom. The molecule has 1 fully saturated rings. The Kier molecular flexibility index (Phi) is 6.67. The molecule has 2 atom stereocenters. The third kappa shape index (κ3) is 4.56. The van der Waals surface area contributed by atoms with Gasteiger partial charge in [0.05, 0.1) is 11.1 Å². The van der Waals surface area contributed by atoms with Crippen molar-refractivity contribution in [2.45, 2.75) is 24.3 Å². The fourth-order valence-corrected chi connectivity index (χ4v) is 5.58. The zero-order valence-corrected chi connectivity index (χ0v) is 20.9. The van der Waals surface area contributed by atoms with E-state index in [-0.39, 0.29) is 12.5 Å². The van der Waals surface area contributed by atoms with Crippen LogP contribution in [0.2, 0.25) is 0 Å². The summed E-state index contributed by atoms with van der Waals surface area (Å²) in [5.74, 6) is -1.84. The molecule has 3 amide bonds. The number of carbonyl (C=O) groups is 4. The molecule has 8 heteroatoms. The second kappa shape index (κ2) is 10.1. The Morgan fingerprint density at radius 2 is 1.35 bits per heavy atom. The summed E-state index contributed by atoms with van der Waals surface area (Å²) in [5, 5.41) is -0.670. The molecular weight excluding hydrogens is 488 g/mol. The minimum atomic E-state index is -0.985. The van der Waals surface area contributed by atoms with Crippen LogP contribution in [-0.2, 0) is 14.3 Å². The van der Waals surface area contributed by atoms with Crippen LogP contribution in [0, 0.1) is 0 Å². The first kappa shape index (κ1) is 24.5. The first-order valence-electron chi connectivity index (χ1n) is 11.8. The number of amides is 3. The van der Waals surface area contributed by atoms with Crippen molar-refractivity contribution < 1.29 is 23.9 Å². The molecule has 3 aromatic carbocycles. The highest BCUT2D eigenvalue weighted by Gasteiger charge is 2.49. The van der Waals surface area contributed by atoms with E-state index in [4.69, 9.17) is 4.74 Å². The van der Waals surface area contributed by atoms with Gasteiger partial charge in [0.25, 0.3) is 11.8 Å². The van der Waals surface area contributed by atoms with Crippen LogP contribution in [0.4, 0.5) is 0 Å². The smallest absolute Gasteiger partial charge is 0.334 e. The first-order chi connectivity index (χ1) is 17.9.